The fourth-order valence-electron chi connectivity index (χ4n) is 1.75. The Morgan fingerprint density at radius 3 is 2.42 bits per heavy atom. The Morgan fingerprint density at radius 1 is 1.26 bits per heavy atom. The Balaban J connectivity index is 2.91. The van der Waals surface area contributed by atoms with E-state index in [1.165, 1.54) is 13.8 Å². The van der Waals surface area contributed by atoms with Crippen LogP contribution in [0.3, 0.4) is 0 Å². The van der Waals surface area contributed by atoms with Gasteiger partial charge < -0.3 is 15.5 Å². The quantitative estimate of drug-likeness (QED) is 0.685. The van der Waals surface area contributed by atoms with E-state index < -0.39 is 12.2 Å². The largest absolute Gasteiger partial charge is 0.388 e. The molecule has 2 atom stereocenters. The number of carbonyl (C=O) groups is 2. The number of aryl methyl sites for hydroxylation is 1. The number of aliphatic hydroxyl groups is 2. The summed E-state index contributed by atoms with van der Waals surface area (Å²) in [4.78, 5) is 22.1. The van der Waals surface area contributed by atoms with E-state index in [4.69, 9.17) is 0 Å². The number of benzene rings is 1. The molecular formula is C14H19NO4. The van der Waals surface area contributed by atoms with Crippen LogP contribution in [0.5, 0.6) is 0 Å². The van der Waals surface area contributed by atoms with Crippen molar-refractivity contribution in [3.05, 3.63) is 34.9 Å². The van der Waals surface area contributed by atoms with Gasteiger partial charge in [0.05, 0.1) is 0 Å². The first-order valence-corrected chi connectivity index (χ1v) is 6.05. The fourth-order valence-corrected chi connectivity index (χ4v) is 1.75. The van der Waals surface area contributed by atoms with Crippen molar-refractivity contribution in [2.24, 2.45) is 0 Å². The number of carbonyl (C=O) groups excluding carboxylic acids is 2. The molecule has 0 aliphatic heterocycles. The minimum Gasteiger partial charge on any atom is -0.388 e. The Kier molecular flexibility index (Phi) is 5.20. The maximum atomic E-state index is 11.3. The zero-order chi connectivity index (χ0) is 14.6. The molecule has 0 aliphatic rings. The maximum Gasteiger partial charge on any atom is 0.216 e. The van der Waals surface area contributed by atoms with Crippen LogP contribution in [0.1, 0.15) is 41.4 Å². The zero-order valence-corrected chi connectivity index (χ0v) is 11.3. The molecule has 19 heavy (non-hydrogen) atoms. The first-order chi connectivity index (χ1) is 8.82. The Bertz CT molecular complexity index is 484. The van der Waals surface area contributed by atoms with Crippen molar-refractivity contribution < 1.29 is 19.8 Å². The molecule has 0 radical (unpaired) electrons. The van der Waals surface area contributed by atoms with Crippen molar-refractivity contribution in [3.63, 3.8) is 0 Å². The summed E-state index contributed by atoms with van der Waals surface area (Å²) in [5, 5.41) is 22.3. The van der Waals surface area contributed by atoms with E-state index in [1.54, 1.807) is 25.1 Å². The number of amides is 1. The van der Waals surface area contributed by atoms with Gasteiger partial charge >= 0.3 is 0 Å². The second-order valence-electron chi connectivity index (χ2n) is 4.58. The monoisotopic (exact) mass is 265 g/mol. The minimum absolute atomic E-state index is 0.0414. The van der Waals surface area contributed by atoms with Gasteiger partial charge in [-0.05, 0) is 31.0 Å². The molecule has 5 heteroatoms. The topological polar surface area (TPSA) is 86.6 Å². The minimum atomic E-state index is -1.15. The SMILES string of the molecule is CC(=O)NCC(O)C(O)c1cc(C(C)=O)ccc1C. The van der Waals surface area contributed by atoms with E-state index in [0.29, 0.717) is 11.1 Å². The molecule has 104 valence electrons. The number of ketones is 1. The highest BCUT2D eigenvalue weighted by Gasteiger charge is 2.21. The van der Waals surface area contributed by atoms with Crippen LogP contribution in [0.15, 0.2) is 18.2 Å². The van der Waals surface area contributed by atoms with Crippen molar-refractivity contribution in [2.45, 2.75) is 33.0 Å². The number of rotatable bonds is 5. The van der Waals surface area contributed by atoms with Crippen LogP contribution in [-0.4, -0.2) is 34.6 Å². The van der Waals surface area contributed by atoms with Crippen molar-refractivity contribution in [1.82, 2.24) is 5.32 Å². The van der Waals surface area contributed by atoms with Crippen LogP contribution in [0.2, 0.25) is 0 Å². The second-order valence-corrected chi connectivity index (χ2v) is 4.58. The highest BCUT2D eigenvalue weighted by molar-refractivity contribution is 5.94. The third kappa shape index (κ3) is 4.15. The summed E-state index contributed by atoms with van der Waals surface area (Å²) in [7, 11) is 0. The molecule has 1 aromatic rings. The molecule has 0 fully saturated rings. The first kappa shape index (κ1) is 15.3. The molecule has 1 aromatic carbocycles. The standard InChI is InChI=1S/C14H19NO4/c1-8-4-5-11(9(2)16)6-12(8)14(19)13(18)7-15-10(3)17/h4-6,13-14,18-19H,7H2,1-3H3,(H,15,17). The smallest absolute Gasteiger partial charge is 0.216 e. The van der Waals surface area contributed by atoms with Crippen LogP contribution in [0.25, 0.3) is 0 Å². The lowest BCUT2D eigenvalue weighted by molar-refractivity contribution is -0.119. The summed E-state index contributed by atoms with van der Waals surface area (Å²) in [6, 6.07) is 4.97. The molecule has 0 bridgehead atoms. The van der Waals surface area contributed by atoms with Crippen molar-refractivity contribution in [2.75, 3.05) is 6.54 Å². The van der Waals surface area contributed by atoms with Crippen LogP contribution in [0, 0.1) is 6.92 Å². The third-order valence-electron chi connectivity index (χ3n) is 2.93. The van der Waals surface area contributed by atoms with Gasteiger partial charge in [0.25, 0.3) is 0 Å². The predicted octanol–water partition coefficient (Wildman–Crippen LogP) is 0.728. The van der Waals surface area contributed by atoms with Crippen LogP contribution >= 0.6 is 0 Å². The molecule has 0 spiro atoms. The number of hydrogen-bond donors (Lipinski definition) is 3. The van der Waals surface area contributed by atoms with Gasteiger partial charge in [0.1, 0.15) is 12.2 Å². The molecule has 1 amide bonds. The van der Waals surface area contributed by atoms with E-state index in [9.17, 15) is 19.8 Å². The number of Topliss-reactive ketones (excluding diaryl/α,β-unsaturated/α-hetero) is 1. The van der Waals surface area contributed by atoms with Crippen LogP contribution < -0.4 is 5.32 Å². The van der Waals surface area contributed by atoms with E-state index in [0.717, 1.165) is 5.56 Å². The van der Waals surface area contributed by atoms with Crippen molar-refractivity contribution in [1.29, 1.82) is 0 Å². The van der Waals surface area contributed by atoms with E-state index in [2.05, 4.69) is 5.32 Å². The van der Waals surface area contributed by atoms with E-state index >= 15 is 0 Å². The number of aliphatic hydroxyl groups excluding tert-OH is 2. The summed E-state index contributed by atoms with van der Waals surface area (Å²) in [5.74, 6) is -0.384. The molecule has 0 saturated heterocycles. The van der Waals surface area contributed by atoms with Gasteiger partial charge in [-0.2, -0.15) is 0 Å². The van der Waals surface area contributed by atoms with Gasteiger partial charge in [0, 0.05) is 19.0 Å². The van der Waals surface area contributed by atoms with E-state index in [-0.39, 0.29) is 18.2 Å². The average Bonchev–Trinajstić information content (AvgIpc) is 2.35. The summed E-state index contributed by atoms with van der Waals surface area (Å²) in [6.07, 6.45) is -2.27. The normalized spacial score (nSPS) is 13.7. The van der Waals surface area contributed by atoms with Gasteiger partial charge in [-0.25, -0.2) is 0 Å². The maximum absolute atomic E-state index is 11.3. The van der Waals surface area contributed by atoms with Crippen molar-refractivity contribution >= 4 is 11.7 Å². The Labute approximate surface area is 112 Å². The molecule has 0 saturated carbocycles. The lowest BCUT2D eigenvalue weighted by atomic mass is 9.96. The fraction of sp³-hybridized carbons (Fsp3) is 0.429. The number of nitrogens with one attached hydrogen (secondary N) is 1. The summed E-state index contributed by atoms with van der Waals surface area (Å²) >= 11 is 0. The highest BCUT2D eigenvalue weighted by Crippen LogP contribution is 2.22. The van der Waals surface area contributed by atoms with Crippen LogP contribution in [-0.2, 0) is 4.79 Å². The lowest BCUT2D eigenvalue weighted by Gasteiger charge is -2.20. The summed E-state index contributed by atoms with van der Waals surface area (Å²) in [6.45, 7) is 4.52. The Morgan fingerprint density at radius 2 is 1.89 bits per heavy atom. The summed E-state index contributed by atoms with van der Waals surface area (Å²) < 4.78 is 0. The second kappa shape index (κ2) is 6.45. The first-order valence-electron chi connectivity index (χ1n) is 6.05. The highest BCUT2D eigenvalue weighted by atomic mass is 16.3. The van der Waals surface area contributed by atoms with Gasteiger partial charge in [0.2, 0.25) is 5.91 Å². The van der Waals surface area contributed by atoms with Gasteiger partial charge in [-0.3, -0.25) is 9.59 Å². The average molecular weight is 265 g/mol. The molecule has 0 aromatic heterocycles. The zero-order valence-electron chi connectivity index (χ0n) is 11.3. The Hall–Kier alpha value is -1.72. The molecule has 5 nitrogen and oxygen atoms in total. The molecule has 3 N–H and O–H groups in total. The van der Waals surface area contributed by atoms with Crippen LogP contribution in [0.4, 0.5) is 0 Å². The van der Waals surface area contributed by atoms with Gasteiger partial charge in [-0.1, -0.05) is 12.1 Å². The molecule has 1 rings (SSSR count). The molecule has 0 aliphatic carbocycles. The molecule has 2 unspecified atom stereocenters. The summed E-state index contributed by atoms with van der Waals surface area (Å²) in [5.41, 5.74) is 1.75. The molecular weight excluding hydrogens is 246 g/mol. The van der Waals surface area contributed by atoms with E-state index in [1.807, 2.05) is 0 Å². The van der Waals surface area contributed by atoms with Crippen molar-refractivity contribution in [3.8, 4) is 0 Å². The predicted molar refractivity (Wildman–Crippen MR) is 70.8 cm³/mol. The molecule has 0 heterocycles. The third-order valence-corrected chi connectivity index (χ3v) is 2.93. The lowest BCUT2D eigenvalue weighted by Crippen LogP contribution is -2.34. The van der Waals surface area contributed by atoms with Gasteiger partial charge in [0.15, 0.2) is 5.78 Å². The number of hydrogen-bond acceptors (Lipinski definition) is 4. The van der Waals surface area contributed by atoms with Gasteiger partial charge in [-0.15, -0.1) is 0 Å².